The third-order valence-corrected chi connectivity index (χ3v) is 5.62. The van der Waals surface area contributed by atoms with Crippen LogP contribution >= 0.6 is 0 Å². The molecule has 1 aliphatic carbocycles. The smallest absolute Gasteiger partial charge is 0.184 e. The molecule has 0 aromatic carbocycles. The third kappa shape index (κ3) is 3.49. The van der Waals surface area contributed by atoms with Crippen molar-refractivity contribution in [2.24, 2.45) is 5.92 Å². The Morgan fingerprint density at radius 2 is 1.80 bits per heavy atom. The van der Waals surface area contributed by atoms with Crippen molar-refractivity contribution in [1.29, 1.82) is 0 Å². The molecule has 1 aliphatic heterocycles. The monoisotopic (exact) mass is 229 g/mol. The molecule has 0 bridgehead atoms. The van der Waals surface area contributed by atoms with Gasteiger partial charge in [0.15, 0.2) is 11.5 Å². The van der Waals surface area contributed by atoms with E-state index < -0.39 is 0 Å². The van der Waals surface area contributed by atoms with Gasteiger partial charge in [-0.3, -0.25) is 4.79 Å². The van der Waals surface area contributed by atoms with Gasteiger partial charge in [-0.15, -0.1) is 0 Å². The van der Waals surface area contributed by atoms with Crippen LogP contribution < -0.4 is 0 Å². The largest absolute Gasteiger partial charge is 0.372 e. The molecule has 1 heterocycles. The number of hydrogen-bond donors (Lipinski definition) is 0. The highest BCUT2D eigenvalue weighted by atomic mass is 32.2. The van der Waals surface area contributed by atoms with Crippen LogP contribution in [0.5, 0.6) is 0 Å². The van der Waals surface area contributed by atoms with E-state index in [9.17, 15) is 4.79 Å². The molecule has 1 saturated heterocycles. The zero-order valence-corrected chi connectivity index (χ0v) is 10.2. The number of Topliss-reactive ketones (excluding diaryl/α,β-unsaturated/α-hetero) is 1. The Kier molecular flexibility index (Phi) is 4.51. The Labute approximate surface area is 95.1 Å². The van der Waals surface area contributed by atoms with Crippen LogP contribution in [0.1, 0.15) is 32.1 Å². The van der Waals surface area contributed by atoms with Gasteiger partial charge in [-0.05, 0) is 23.7 Å². The Balaban J connectivity index is 1.74. The van der Waals surface area contributed by atoms with Crippen LogP contribution in [0.4, 0.5) is 0 Å². The maximum Gasteiger partial charge on any atom is 0.184 e. The Morgan fingerprint density at radius 1 is 1.13 bits per heavy atom. The minimum atomic E-state index is 0.349. The van der Waals surface area contributed by atoms with Crippen LogP contribution in [-0.4, -0.2) is 36.3 Å². The van der Waals surface area contributed by atoms with E-state index >= 15 is 0 Å². The van der Waals surface area contributed by atoms with E-state index in [-0.39, 0.29) is 0 Å². The van der Waals surface area contributed by atoms with E-state index in [1.165, 1.54) is 19.3 Å². The molecule has 2 aliphatic rings. The summed E-state index contributed by atoms with van der Waals surface area (Å²) in [6.45, 7) is 1.75. The average Bonchev–Trinajstić information content (AvgIpc) is 2.31. The van der Waals surface area contributed by atoms with Gasteiger partial charge in [-0.2, -0.15) is 0 Å². The Bertz CT molecular complexity index is 206. The fourth-order valence-corrected chi connectivity index (χ4v) is 4.28. The summed E-state index contributed by atoms with van der Waals surface area (Å²) in [5.41, 5.74) is 0. The zero-order valence-electron chi connectivity index (χ0n) is 9.37. The van der Waals surface area contributed by atoms with Gasteiger partial charge in [0.1, 0.15) is 11.5 Å². The van der Waals surface area contributed by atoms with Crippen molar-refractivity contribution in [2.45, 2.75) is 32.1 Å². The summed E-state index contributed by atoms with van der Waals surface area (Å²) in [6, 6.07) is 0. The van der Waals surface area contributed by atoms with E-state index in [1.807, 2.05) is 0 Å². The molecule has 0 amide bonds. The first-order valence-electron chi connectivity index (χ1n) is 6.11. The van der Waals surface area contributed by atoms with E-state index in [1.54, 1.807) is 0 Å². The van der Waals surface area contributed by atoms with E-state index in [0.717, 1.165) is 43.3 Å². The summed E-state index contributed by atoms with van der Waals surface area (Å²) in [5.74, 6) is 4.07. The first-order valence-corrected chi connectivity index (χ1v) is 7.84. The maximum absolute atomic E-state index is 12.0. The van der Waals surface area contributed by atoms with Gasteiger partial charge in [0, 0.05) is 5.92 Å². The molecule has 0 atom stereocenters. The molecule has 0 aromatic rings. The molecule has 2 nitrogen and oxygen atoms in total. The number of rotatable bonds is 3. The fraction of sp³-hybridized carbons (Fsp3) is 0.917. The SMILES string of the molecule is O=C(C[S+]1CCOCC1)C1CCCCC1. The topological polar surface area (TPSA) is 26.3 Å². The summed E-state index contributed by atoms with van der Waals surface area (Å²) < 4.78 is 5.32. The molecular formula is C12H21O2S+. The molecule has 0 radical (unpaired) electrons. The summed E-state index contributed by atoms with van der Waals surface area (Å²) in [6.07, 6.45) is 6.20. The summed E-state index contributed by atoms with van der Waals surface area (Å²) in [7, 11) is 0.349. The van der Waals surface area contributed by atoms with E-state index in [0.29, 0.717) is 22.6 Å². The van der Waals surface area contributed by atoms with Gasteiger partial charge in [-0.25, -0.2) is 0 Å². The van der Waals surface area contributed by atoms with Crippen LogP contribution in [0.25, 0.3) is 0 Å². The number of ether oxygens (including phenoxy) is 1. The van der Waals surface area contributed by atoms with Crippen LogP contribution in [-0.2, 0) is 20.4 Å². The van der Waals surface area contributed by atoms with Gasteiger partial charge in [0.25, 0.3) is 0 Å². The summed E-state index contributed by atoms with van der Waals surface area (Å²) in [4.78, 5) is 12.0. The van der Waals surface area contributed by atoms with Crippen molar-refractivity contribution in [3.63, 3.8) is 0 Å². The fourth-order valence-electron chi connectivity index (χ4n) is 2.45. The highest BCUT2D eigenvalue weighted by Crippen LogP contribution is 2.25. The van der Waals surface area contributed by atoms with Crippen LogP contribution in [0.15, 0.2) is 0 Å². The highest BCUT2D eigenvalue weighted by Gasteiger charge is 2.30. The Hall–Kier alpha value is -0.0200. The standard InChI is InChI=1S/C12H21O2S/c13-12(11-4-2-1-3-5-11)10-15-8-6-14-7-9-15/h11H,1-10H2/q+1. The number of hydrogen-bond acceptors (Lipinski definition) is 2. The molecule has 0 unspecified atom stereocenters. The minimum absolute atomic E-state index is 0.349. The van der Waals surface area contributed by atoms with Crippen LogP contribution in [0.3, 0.4) is 0 Å². The van der Waals surface area contributed by atoms with Crippen LogP contribution in [0.2, 0.25) is 0 Å². The number of carbonyl (C=O) groups excluding carboxylic acids is 1. The lowest BCUT2D eigenvalue weighted by Crippen LogP contribution is -2.34. The number of carbonyl (C=O) groups is 1. The molecule has 2 fully saturated rings. The zero-order chi connectivity index (χ0) is 10.5. The number of ketones is 1. The second-order valence-electron chi connectivity index (χ2n) is 4.58. The van der Waals surface area contributed by atoms with Crippen molar-refractivity contribution < 1.29 is 9.53 Å². The predicted octanol–water partition coefficient (Wildman–Crippen LogP) is 1.78. The highest BCUT2D eigenvalue weighted by molar-refractivity contribution is 7.97. The van der Waals surface area contributed by atoms with Gasteiger partial charge in [0.2, 0.25) is 0 Å². The van der Waals surface area contributed by atoms with Gasteiger partial charge >= 0.3 is 0 Å². The average molecular weight is 229 g/mol. The molecule has 3 heteroatoms. The lowest BCUT2D eigenvalue weighted by atomic mass is 9.87. The lowest BCUT2D eigenvalue weighted by molar-refractivity contribution is -0.121. The lowest BCUT2D eigenvalue weighted by Gasteiger charge is -2.21. The molecule has 86 valence electrons. The Morgan fingerprint density at radius 3 is 2.47 bits per heavy atom. The second-order valence-corrected chi connectivity index (χ2v) is 6.91. The summed E-state index contributed by atoms with van der Waals surface area (Å²) in [5, 5.41) is 0. The van der Waals surface area contributed by atoms with Crippen molar-refractivity contribution in [1.82, 2.24) is 0 Å². The first kappa shape index (κ1) is 11.5. The maximum atomic E-state index is 12.0. The first-order chi connectivity index (χ1) is 7.36. The molecule has 0 aromatic heterocycles. The molecule has 0 N–H and O–H groups in total. The molecule has 1 saturated carbocycles. The minimum Gasteiger partial charge on any atom is -0.372 e. The molecule has 15 heavy (non-hydrogen) atoms. The molecule has 2 rings (SSSR count). The van der Waals surface area contributed by atoms with Crippen molar-refractivity contribution in [2.75, 3.05) is 30.5 Å². The van der Waals surface area contributed by atoms with Crippen molar-refractivity contribution in [3.8, 4) is 0 Å². The normalized spacial score (nSPS) is 25.3. The van der Waals surface area contributed by atoms with Crippen molar-refractivity contribution in [3.05, 3.63) is 0 Å². The second kappa shape index (κ2) is 5.90. The quantitative estimate of drug-likeness (QED) is 0.690. The molecule has 0 spiro atoms. The van der Waals surface area contributed by atoms with Gasteiger partial charge in [0.05, 0.1) is 13.2 Å². The van der Waals surface area contributed by atoms with Gasteiger partial charge < -0.3 is 4.74 Å². The predicted molar refractivity (Wildman–Crippen MR) is 64.4 cm³/mol. The third-order valence-electron chi connectivity index (χ3n) is 3.44. The van der Waals surface area contributed by atoms with Crippen LogP contribution in [0, 0.1) is 5.92 Å². The van der Waals surface area contributed by atoms with Gasteiger partial charge in [-0.1, -0.05) is 19.3 Å². The van der Waals surface area contributed by atoms with Crippen molar-refractivity contribution >= 4 is 16.7 Å². The van der Waals surface area contributed by atoms with E-state index in [2.05, 4.69) is 0 Å². The van der Waals surface area contributed by atoms with E-state index in [4.69, 9.17) is 4.74 Å². The molecular weight excluding hydrogens is 208 g/mol. The summed E-state index contributed by atoms with van der Waals surface area (Å²) >= 11 is 0.